The number of nitrogens with one attached hydrogen (secondary N) is 1. The Balaban J connectivity index is 1.46. The van der Waals surface area contributed by atoms with E-state index in [9.17, 15) is 14.4 Å². The largest absolute Gasteiger partial charge is 0.336 e. The Morgan fingerprint density at radius 2 is 1.47 bits per heavy atom. The number of benzene rings is 3. The van der Waals surface area contributed by atoms with Crippen LogP contribution in [0.4, 0.5) is 4.79 Å². The lowest BCUT2D eigenvalue weighted by Gasteiger charge is -2.55. The second-order valence-electron chi connectivity index (χ2n) is 9.58. The number of urea groups is 1. The molecule has 0 radical (unpaired) electrons. The molecule has 196 valence electrons. The van der Waals surface area contributed by atoms with E-state index in [0.717, 1.165) is 16.7 Å². The maximum Gasteiger partial charge on any atom is 0.334 e. The Morgan fingerprint density at radius 3 is 2.11 bits per heavy atom. The van der Waals surface area contributed by atoms with Crippen molar-refractivity contribution in [2.45, 2.75) is 32.1 Å². The van der Waals surface area contributed by atoms with Crippen LogP contribution in [0.3, 0.4) is 0 Å². The summed E-state index contributed by atoms with van der Waals surface area (Å²) in [5, 5.41) is 6.44. The van der Waals surface area contributed by atoms with E-state index in [-0.39, 0.29) is 30.9 Å². The Bertz CT molecular complexity index is 1250. The van der Waals surface area contributed by atoms with E-state index >= 15 is 0 Å². The fraction of sp³-hybridized carbons (Fsp3) is 0.300. The Morgan fingerprint density at radius 1 is 0.868 bits per heavy atom. The molecule has 38 heavy (non-hydrogen) atoms. The van der Waals surface area contributed by atoms with Gasteiger partial charge in [0.25, 0.3) is 0 Å². The smallest absolute Gasteiger partial charge is 0.334 e. The van der Waals surface area contributed by atoms with Crippen molar-refractivity contribution in [2.75, 3.05) is 26.2 Å². The summed E-state index contributed by atoms with van der Waals surface area (Å²) in [7, 11) is 0. The number of carbonyl (C=O) groups is 3. The summed E-state index contributed by atoms with van der Waals surface area (Å²) in [5.74, 6) is -0.278. The molecule has 0 saturated carbocycles. The van der Waals surface area contributed by atoms with Crippen molar-refractivity contribution in [3.63, 3.8) is 0 Å². The summed E-state index contributed by atoms with van der Waals surface area (Å²) < 4.78 is 0. The lowest BCUT2D eigenvalue weighted by Crippen LogP contribution is -2.74. The third-order valence-electron chi connectivity index (χ3n) is 7.21. The molecule has 4 amide bonds. The van der Waals surface area contributed by atoms with Gasteiger partial charge in [-0.3, -0.25) is 9.59 Å². The summed E-state index contributed by atoms with van der Waals surface area (Å²) in [6.45, 7) is 3.56. The number of hydrogen-bond donors (Lipinski definition) is 1. The molecule has 2 aliphatic rings. The minimum absolute atomic E-state index is 0.0341. The number of carbonyl (C=O) groups excluding carboxylic acids is 3. The summed E-state index contributed by atoms with van der Waals surface area (Å²) in [6.07, 6.45) is 0.0672. The van der Waals surface area contributed by atoms with Crippen LogP contribution in [-0.4, -0.2) is 70.0 Å². The molecule has 2 heterocycles. The molecule has 2 atom stereocenters. The molecule has 2 aliphatic heterocycles. The van der Waals surface area contributed by atoms with E-state index in [1.54, 1.807) is 19.8 Å². The predicted octanol–water partition coefficient (Wildman–Crippen LogP) is 3.43. The maximum absolute atomic E-state index is 13.9. The zero-order chi connectivity index (χ0) is 26.5. The molecule has 0 unspecified atom stereocenters. The third kappa shape index (κ3) is 5.26. The van der Waals surface area contributed by atoms with Crippen molar-refractivity contribution in [3.8, 4) is 0 Å². The number of hydrazine groups is 1. The van der Waals surface area contributed by atoms with E-state index in [1.165, 1.54) is 0 Å². The van der Waals surface area contributed by atoms with E-state index < -0.39 is 12.2 Å². The number of rotatable bonds is 7. The van der Waals surface area contributed by atoms with Gasteiger partial charge in [-0.1, -0.05) is 97.9 Å². The minimum Gasteiger partial charge on any atom is -0.336 e. The lowest BCUT2D eigenvalue weighted by molar-refractivity contribution is -0.190. The van der Waals surface area contributed by atoms with Crippen molar-refractivity contribution in [3.05, 3.63) is 108 Å². The molecule has 5 rings (SSSR count). The van der Waals surface area contributed by atoms with Crippen molar-refractivity contribution < 1.29 is 14.4 Å². The SMILES string of the molecule is CCN1CC(=O)N2[C@@H](c3ccccc3)C(=O)N(CCc3ccccc3)C[C@@H]2N1C(=O)NCc1ccccc1. The van der Waals surface area contributed by atoms with Gasteiger partial charge < -0.3 is 15.1 Å². The second-order valence-corrected chi connectivity index (χ2v) is 9.58. The number of fused-ring (bicyclic) bond motifs is 1. The standard InChI is InChI=1S/C30H33N5O3/c1-2-33-22-27(36)34-26(35(33)30(38)31-20-24-14-8-4-9-15-24)21-32(19-18-23-12-6-3-7-13-23)29(37)28(34)25-16-10-5-11-17-25/h3-17,26,28H,2,18-22H2,1H3,(H,31,38)/t26-,28-/m0/s1. The number of amides is 4. The zero-order valence-electron chi connectivity index (χ0n) is 21.6. The van der Waals surface area contributed by atoms with Crippen LogP contribution >= 0.6 is 0 Å². The van der Waals surface area contributed by atoms with Gasteiger partial charge in [0.1, 0.15) is 12.2 Å². The van der Waals surface area contributed by atoms with Crippen LogP contribution in [0.25, 0.3) is 0 Å². The Kier molecular flexibility index (Phi) is 7.70. The Labute approximate surface area is 223 Å². The number of hydrogen-bond acceptors (Lipinski definition) is 4. The summed E-state index contributed by atoms with van der Waals surface area (Å²) in [6, 6.07) is 28.1. The van der Waals surface area contributed by atoms with E-state index in [1.807, 2.05) is 97.9 Å². The molecule has 3 aromatic carbocycles. The van der Waals surface area contributed by atoms with Crippen molar-refractivity contribution in [1.82, 2.24) is 25.1 Å². The molecule has 8 heteroatoms. The number of likely N-dealkylation sites (N-methyl/N-ethyl adjacent to an activating group) is 1. The van der Waals surface area contributed by atoms with Crippen LogP contribution in [-0.2, 0) is 22.6 Å². The first-order valence-corrected chi connectivity index (χ1v) is 13.1. The second kappa shape index (κ2) is 11.5. The third-order valence-corrected chi connectivity index (χ3v) is 7.21. The maximum atomic E-state index is 13.9. The number of piperazine rings is 1. The average Bonchev–Trinajstić information content (AvgIpc) is 2.96. The van der Waals surface area contributed by atoms with Gasteiger partial charge in [-0.15, -0.1) is 0 Å². The van der Waals surface area contributed by atoms with Crippen LogP contribution in [0.1, 0.15) is 29.7 Å². The van der Waals surface area contributed by atoms with Crippen LogP contribution in [0.5, 0.6) is 0 Å². The highest BCUT2D eigenvalue weighted by Gasteiger charge is 2.51. The molecule has 2 fully saturated rings. The molecule has 0 aromatic heterocycles. The molecule has 0 spiro atoms. The molecule has 0 aliphatic carbocycles. The van der Waals surface area contributed by atoms with Gasteiger partial charge in [0.15, 0.2) is 0 Å². The normalized spacial score (nSPS) is 19.9. The van der Waals surface area contributed by atoms with Gasteiger partial charge in [0.2, 0.25) is 11.8 Å². The van der Waals surface area contributed by atoms with E-state index in [4.69, 9.17) is 0 Å². The van der Waals surface area contributed by atoms with Crippen LogP contribution < -0.4 is 5.32 Å². The van der Waals surface area contributed by atoms with Crippen LogP contribution in [0.15, 0.2) is 91.0 Å². The van der Waals surface area contributed by atoms with Crippen LogP contribution in [0, 0.1) is 0 Å². The highest BCUT2D eigenvalue weighted by Crippen LogP contribution is 2.34. The van der Waals surface area contributed by atoms with Crippen molar-refractivity contribution >= 4 is 17.8 Å². The first-order valence-electron chi connectivity index (χ1n) is 13.1. The van der Waals surface area contributed by atoms with E-state index in [2.05, 4.69) is 5.32 Å². The summed E-state index contributed by atoms with van der Waals surface area (Å²) in [4.78, 5) is 44.5. The zero-order valence-corrected chi connectivity index (χ0v) is 21.6. The molecule has 0 bridgehead atoms. The van der Waals surface area contributed by atoms with Gasteiger partial charge in [-0.25, -0.2) is 14.8 Å². The van der Waals surface area contributed by atoms with E-state index in [0.29, 0.717) is 26.1 Å². The van der Waals surface area contributed by atoms with Gasteiger partial charge >= 0.3 is 6.03 Å². The fourth-order valence-electron chi connectivity index (χ4n) is 5.28. The minimum atomic E-state index is -0.790. The highest BCUT2D eigenvalue weighted by atomic mass is 16.2. The van der Waals surface area contributed by atoms with Gasteiger partial charge in [0.05, 0.1) is 13.1 Å². The summed E-state index contributed by atoms with van der Waals surface area (Å²) >= 11 is 0. The average molecular weight is 512 g/mol. The summed E-state index contributed by atoms with van der Waals surface area (Å²) in [5.41, 5.74) is 2.86. The molecular weight excluding hydrogens is 478 g/mol. The number of nitrogens with zero attached hydrogens (tertiary/aromatic N) is 4. The van der Waals surface area contributed by atoms with Crippen LogP contribution in [0.2, 0.25) is 0 Å². The van der Waals surface area contributed by atoms with Crippen molar-refractivity contribution in [2.24, 2.45) is 0 Å². The first kappa shape index (κ1) is 25.5. The predicted molar refractivity (Wildman–Crippen MR) is 144 cm³/mol. The molecule has 2 saturated heterocycles. The molecule has 8 nitrogen and oxygen atoms in total. The van der Waals surface area contributed by atoms with Gasteiger partial charge in [0, 0.05) is 19.6 Å². The topological polar surface area (TPSA) is 76.2 Å². The Hall–Kier alpha value is -4.17. The van der Waals surface area contributed by atoms with Crippen molar-refractivity contribution in [1.29, 1.82) is 0 Å². The quantitative estimate of drug-likeness (QED) is 0.528. The molecular formula is C30H33N5O3. The van der Waals surface area contributed by atoms with Gasteiger partial charge in [-0.2, -0.15) is 0 Å². The molecule has 3 aromatic rings. The monoisotopic (exact) mass is 511 g/mol. The lowest BCUT2D eigenvalue weighted by atomic mass is 9.98. The fourth-order valence-corrected chi connectivity index (χ4v) is 5.28. The first-order chi connectivity index (χ1) is 18.6. The van der Waals surface area contributed by atoms with Gasteiger partial charge in [-0.05, 0) is 23.1 Å². The molecule has 1 N–H and O–H groups in total. The highest BCUT2D eigenvalue weighted by molar-refractivity contribution is 5.92.